The molecule has 1 N–H and O–H groups in total. The summed E-state index contributed by atoms with van der Waals surface area (Å²) in [6, 6.07) is 8.27. The van der Waals surface area contributed by atoms with Crippen molar-refractivity contribution in [2.45, 2.75) is 52.2 Å². The van der Waals surface area contributed by atoms with Crippen LogP contribution < -0.4 is 9.64 Å². The molecule has 0 aromatic heterocycles. The SMILES string of the molecule is COc1ccc(N2CCN(CC(O)COC3C4(C)CCC(C4)C3(C)C)CC2)cc1. The molecule has 1 aromatic rings. The molecule has 162 valence electrons. The number of aliphatic hydroxyl groups is 1. The van der Waals surface area contributed by atoms with Gasteiger partial charge in [-0.15, -0.1) is 0 Å². The first kappa shape index (κ1) is 21.0. The number of anilines is 1. The smallest absolute Gasteiger partial charge is 0.119 e. The van der Waals surface area contributed by atoms with E-state index in [0.717, 1.165) is 37.8 Å². The zero-order valence-corrected chi connectivity index (χ0v) is 18.6. The molecule has 0 radical (unpaired) electrons. The van der Waals surface area contributed by atoms with E-state index in [1.165, 1.54) is 24.9 Å². The van der Waals surface area contributed by atoms with Crippen molar-refractivity contribution in [3.63, 3.8) is 0 Å². The number of aliphatic hydroxyl groups excluding tert-OH is 1. The minimum atomic E-state index is -0.416. The average Bonchev–Trinajstić information content (AvgIpc) is 3.19. The summed E-state index contributed by atoms with van der Waals surface area (Å²) in [5.74, 6) is 1.67. The van der Waals surface area contributed by atoms with Crippen LogP contribution in [-0.2, 0) is 4.74 Å². The molecule has 2 aliphatic carbocycles. The van der Waals surface area contributed by atoms with Crippen LogP contribution in [0.25, 0.3) is 0 Å². The Bertz CT molecular complexity index is 679. The van der Waals surface area contributed by atoms with Gasteiger partial charge in [0.15, 0.2) is 0 Å². The third kappa shape index (κ3) is 4.14. The molecular formula is C24H38N2O3. The van der Waals surface area contributed by atoms with E-state index in [9.17, 15) is 5.11 Å². The molecule has 0 spiro atoms. The number of rotatable bonds is 7. The van der Waals surface area contributed by atoms with Crippen LogP contribution in [0.1, 0.15) is 40.0 Å². The van der Waals surface area contributed by atoms with E-state index in [-0.39, 0.29) is 11.5 Å². The molecule has 2 saturated carbocycles. The van der Waals surface area contributed by atoms with Gasteiger partial charge in [-0.1, -0.05) is 20.8 Å². The second kappa shape index (κ2) is 8.09. The number of ether oxygens (including phenoxy) is 2. The normalized spacial score (nSPS) is 32.5. The molecule has 29 heavy (non-hydrogen) atoms. The fourth-order valence-electron chi connectivity index (χ4n) is 6.21. The molecule has 0 amide bonds. The molecule has 3 aliphatic rings. The first-order valence-electron chi connectivity index (χ1n) is 11.2. The van der Waals surface area contributed by atoms with Crippen LogP contribution in [0.5, 0.6) is 5.75 Å². The van der Waals surface area contributed by atoms with Crippen LogP contribution in [0.3, 0.4) is 0 Å². The third-order valence-electron chi connectivity index (χ3n) is 7.87. The van der Waals surface area contributed by atoms with E-state index < -0.39 is 6.10 Å². The standard InChI is InChI=1S/C24H38N2O3/c1-23(2)18-9-10-24(3,15-18)22(23)29-17-20(27)16-25-11-13-26(14-12-25)19-5-7-21(28-4)8-6-19/h5-8,18,20,22,27H,9-17H2,1-4H3. The predicted octanol–water partition coefficient (Wildman–Crippen LogP) is 3.41. The molecule has 3 fully saturated rings. The van der Waals surface area contributed by atoms with Crippen molar-refractivity contribution >= 4 is 5.69 Å². The van der Waals surface area contributed by atoms with E-state index in [4.69, 9.17) is 9.47 Å². The maximum absolute atomic E-state index is 10.6. The topological polar surface area (TPSA) is 45.2 Å². The minimum absolute atomic E-state index is 0.233. The van der Waals surface area contributed by atoms with Crippen molar-refractivity contribution in [1.82, 2.24) is 4.90 Å². The number of piperazine rings is 1. The summed E-state index contributed by atoms with van der Waals surface area (Å²) in [5.41, 5.74) is 1.77. The zero-order chi connectivity index (χ0) is 20.6. The van der Waals surface area contributed by atoms with Gasteiger partial charge in [-0.2, -0.15) is 0 Å². The maximum atomic E-state index is 10.6. The molecule has 4 unspecified atom stereocenters. The number of fused-ring (bicyclic) bond motifs is 2. The summed E-state index contributed by atoms with van der Waals surface area (Å²) in [5, 5.41) is 10.6. The van der Waals surface area contributed by atoms with Gasteiger partial charge in [0.05, 0.1) is 25.9 Å². The first-order chi connectivity index (χ1) is 13.8. The Morgan fingerprint density at radius 2 is 1.79 bits per heavy atom. The molecular weight excluding hydrogens is 364 g/mol. The molecule has 5 heteroatoms. The van der Waals surface area contributed by atoms with Crippen molar-refractivity contribution in [3.8, 4) is 5.75 Å². The Morgan fingerprint density at radius 3 is 2.38 bits per heavy atom. The number of nitrogens with zero attached hydrogens (tertiary/aromatic N) is 2. The lowest BCUT2D eigenvalue weighted by atomic mass is 9.70. The summed E-state index contributed by atoms with van der Waals surface area (Å²) in [6.45, 7) is 12.2. The number of benzene rings is 1. The van der Waals surface area contributed by atoms with Crippen LogP contribution >= 0.6 is 0 Å². The van der Waals surface area contributed by atoms with Gasteiger partial charge in [-0.3, -0.25) is 4.90 Å². The second-order valence-electron chi connectivity index (χ2n) is 10.3. The highest BCUT2D eigenvalue weighted by Gasteiger charge is 2.60. The van der Waals surface area contributed by atoms with Gasteiger partial charge in [0.25, 0.3) is 0 Å². The lowest BCUT2D eigenvalue weighted by Crippen LogP contribution is -2.50. The average molecular weight is 403 g/mol. The number of hydrogen-bond donors (Lipinski definition) is 1. The molecule has 4 rings (SSSR count). The third-order valence-corrected chi connectivity index (χ3v) is 7.87. The van der Waals surface area contributed by atoms with E-state index in [0.29, 0.717) is 18.6 Å². The molecule has 1 aliphatic heterocycles. The molecule has 1 aromatic carbocycles. The summed E-state index contributed by atoms with van der Waals surface area (Å²) >= 11 is 0. The fourth-order valence-corrected chi connectivity index (χ4v) is 6.21. The van der Waals surface area contributed by atoms with Crippen LogP contribution in [0, 0.1) is 16.7 Å². The van der Waals surface area contributed by atoms with Crippen LogP contribution in [0.15, 0.2) is 24.3 Å². The van der Waals surface area contributed by atoms with Gasteiger partial charge < -0.3 is 19.5 Å². The van der Waals surface area contributed by atoms with Gasteiger partial charge in [0, 0.05) is 38.4 Å². The lowest BCUT2D eigenvalue weighted by molar-refractivity contribution is -0.113. The van der Waals surface area contributed by atoms with E-state index >= 15 is 0 Å². The van der Waals surface area contributed by atoms with Crippen molar-refractivity contribution in [1.29, 1.82) is 0 Å². The zero-order valence-electron chi connectivity index (χ0n) is 18.6. The van der Waals surface area contributed by atoms with E-state index in [1.54, 1.807) is 7.11 Å². The quantitative estimate of drug-likeness (QED) is 0.757. The second-order valence-corrected chi connectivity index (χ2v) is 10.3. The fraction of sp³-hybridized carbons (Fsp3) is 0.750. The highest BCUT2D eigenvalue weighted by molar-refractivity contribution is 5.49. The Hall–Kier alpha value is -1.30. The lowest BCUT2D eigenvalue weighted by Gasteiger charge is -2.43. The van der Waals surface area contributed by atoms with Gasteiger partial charge >= 0.3 is 0 Å². The Balaban J connectivity index is 1.22. The van der Waals surface area contributed by atoms with Gasteiger partial charge in [0.2, 0.25) is 0 Å². The minimum Gasteiger partial charge on any atom is -0.497 e. The first-order valence-corrected chi connectivity index (χ1v) is 11.2. The molecule has 1 saturated heterocycles. The maximum Gasteiger partial charge on any atom is 0.119 e. The monoisotopic (exact) mass is 402 g/mol. The van der Waals surface area contributed by atoms with Crippen molar-refractivity contribution in [3.05, 3.63) is 24.3 Å². The number of hydrogen-bond acceptors (Lipinski definition) is 5. The number of methoxy groups -OCH3 is 1. The van der Waals surface area contributed by atoms with Crippen LogP contribution in [-0.4, -0.2) is 68.7 Å². The van der Waals surface area contributed by atoms with E-state index in [2.05, 4.69) is 42.7 Å². The van der Waals surface area contributed by atoms with Gasteiger partial charge in [0.1, 0.15) is 5.75 Å². The van der Waals surface area contributed by atoms with Crippen LogP contribution in [0.2, 0.25) is 0 Å². The molecule has 5 nitrogen and oxygen atoms in total. The number of β-amino-alcohol motifs (C(OH)–C–C–N with tert-alkyl or cyclic N) is 1. The van der Waals surface area contributed by atoms with Crippen molar-refractivity contribution in [2.24, 2.45) is 16.7 Å². The summed E-state index contributed by atoms with van der Waals surface area (Å²) in [7, 11) is 1.70. The highest BCUT2D eigenvalue weighted by atomic mass is 16.5. The Morgan fingerprint density at radius 1 is 1.10 bits per heavy atom. The van der Waals surface area contributed by atoms with Crippen molar-refractivity contribution < 1.29 is 14.6 Å². The molecule has 4 atom stereocenters. The Kier molecular flexibility index (Phi) is 5.84. The summed E-state index contributed by atoms with van der Waals surface area (Å²) in [4.78, 5) is 4.76. The largest absolute Gasteiger partial charge is 0.497 e. The molecule has 1 heterocycles. The Labute approximate surface area is 176 Å². The van der Waals surface area contributed by atoms with Gasteiger partial charge in [-0.25, -0.2) is 0 Å². The van der Waals surface area contributed by atoms with Crippen LogP contribution in [0.4, 0.5) is 5.69 Å². The van der Waals surface area contributed by atoms with Gasteiger partial charge in [-0.05, 0) is 60.3 Å². The van der Waals surface area contributed by atoms with E-state index in [1.807, 2.05) is 12.1 Å². The van der Waals surface area contributed by atoms with Crippen molar-refractivity contribution in [2.75, 3.05) is 51.3 Å². The summed E-state index contributed by atoms with van der Waals surface area (Å²) in [6.07, 6.45) is 3.75. The highest BCUT2D eigenvalue weighted by Crippen LogP contribution is 2.63. The summed E-state index contributed by atoms with van der Waals surface area (Å²) < 4.78 is 11.6. The predicted molar refractivity (Wildman–Crippen MR) is 117 cm³/mol. The molecule has 2 bridgehead atoms.